The van der Waals surface area contributed by atoms with E-state index in [0.29, 0.717) is 5.92 Å². The van der Waals surface area contributed by atoms with Crippen LogP contribution in [-0.4, -0.2) is 15.2 Å². The quantitative estimate of drug-likeness (QED) is 0.845. The molecule has 2 aromatic rings. The highest BCUT2D eigenvalue weighted by molar-refractivity contribution is 5.15. The van der Waals surface area contributed by atoms with E-state index >= 15 is 0 Å². The molecule has 0 amide bonds. The first-order valence-electron chi connectivity index (χ1n) is 6.54. The molecule has 3 rings (SSSR count). The molecule has 1 fully saturated rings. The standard InChI is InChI=1S/C14H18N4/c15-12(9-6-10-4-2-1-3-5-10)14-16-13(17-18-14)11-7-8-11/h1-5,11-12H,6-9,15H2,(H,16,17,18)/t12-/m0/s1. The smallest absolute Gasteiger partial charge is 0.167 e. The third-order valence-corrected chi connectivity index (χ3v) is 3.40. The zero-order valence-electron chi connectivity index (χ0n) is 10.3. The summed E-state index contributed by atoms with van der Waals surface area (Å²) in [5, 5.41) is 7.23. The normalized spacial score (nSPS) is 16.7. The minimum Gasteiger partial charge on any atom is -0.321 e. The second-order valence-electron chi connectivity index (χ2n) is 4.98. The Balaban J connectivity index is 1.58. The highest BCUT2D eigenvalue weighted by Gasteiger charge is 2.27. The average molecular weight is 242 g/mol. The van der Waals surface area contributed by atoms with Crippen molar-refractivity contribution in [3.05, 3.63) is 47.5 Å². The van der Waals surface area contributed by atoms with Gasteiger partial charge in [-0.3, -0.25) is 5.10 Å². The summed E-state index contributed by atoms with van der Waals surface area (Å²) in [5.74, 6) is 2.38. The van der Waals surface area contributed by atoms with Gasteiger partial charge >= 0.3 is 0 Å². The fourth-order valence-corrected chi connectivity index (χ4v) is 2.09. The van der Waals surface area contributed by atoms with Crippen molar-refractivity contribution in [2.24, 2.45) is 5.73 Å². The van der Waals surface area contributed by atoms with E-state index in [1.807, 2.05) is 6.07 Å². The van der Waals surface area contributed by atoms with Crippen molar-refractivity contribution < 1.29 is 0 Å². The molecule has 0 bridgehead atoms. The van der Waals surface area contributed by atoms with Gasteiger partial charge in [-0.15, -0.1) is 0 Å². The molecule has 1 atom stereocenters. The van der Waals surface area contributed by atoms with Crippen LogP contribution in [0.25, 0.3) is 0 Å². The highest BCUT2D eigenvalue weighted by atomic mass is 15.2. The Morgan fingerprint density at radius 2 is 2.06 bits per heavy atom. The minimum atomic E-state index is -0.0750. The molecule has 18 heavy (non-hydrogen) atoms. The van der Waals surface area contributed by atoms with Crippen molar-refractivity contribution in [1.29, 1.82) is 0 Å². The van der Waals surface area contributed by atoms with Crippen LogP contribution in [0.15, 0.2) is 30.3 Å². The predicted octanol–water partition coefficient (Wildman–Crippen LogP) is 2.31. The Hall–Kier alpha value is -1.68. The molecule has 1 aromatic heterocycles. The molecule has 1 aliphatic rings. The number of nitrogens with zero attached hydrogens (tertiary/aromatic N) is 2. The summed E-state index contributed by atoms with van der Waals surface area (Å²) in [7, 11) is 0. The van der Waals surface area contributed by atoms with Crippen LogP contribution in [0.3, 0.4) is 0 Å². The third-order valence-electron chi connectivity index (χ3n) is 3.40. The number of hydrogen-bond donors (Lipinski definition) is 2. The van der Waals surface area contributed by atoms with E-state index in [4.69, 9.17) is 5.73 Å². The van der Waals surface area contributed by atoms with Gasteiger partial charge < -0.3 is 5.73 Å². The number of benzene rings is 1. The number of H-pyrrole nitrogens is 1. The first kappa shape index (κ1) is 11.4. The van der Waals surface area contributed by atoms with Gasteiger partial charge in [0.05, 0.1) is 6.04 Å². The van der Waals surface area contributed by atoms with Crippen LogP contribution < -0.4 is 5.73 Å². The molecule has 0 radical (unpaired) electrons. The van der Waals surface area contributed by atoms with Crippen LogP contribution in [0.4, 0.5) is 0 Å². The summed E-state index contributed by atoms with van der Waals surface area (Å²) in [4.78, 5) is 4.49. The number of rotatable bonds is 5. The minimum absolute atomic E-state index is 0.0750. The Labute approximate surface area is 107 Å². The lowest BCUT2D eigenvalue weighted by Gasteiger charge is -2.07. The van der Waals surface area contributed by atoms with Crippen molar-refractivity contribution in [2.45, 2.75) is 37.6 Å². The van der Waals surface area contributed by atoms with E-state index in [-0.39, 0.29) is 6.04 Å². The number of aromatic nitrogens is 3. The van der Waals surface area contributed by atoms with Gasteiger partial charge in [-0.25, -0.2) is 4.98 Å². The molecular weight excluding hydrogens is 224 g/mol. The molecular formula is C14H18N4. The number of aromatic amines is 1. The van der Waals surface area contributed by atoms with Crippen LogP contribution >= 0.6 is 0 Å². The Morgan fingerprint density at radius 3 is 2.78 bits per heavy atom. The van der Waals surface area contributed by atoms with E-state index in [9.17, 15) is 0 Å². The molecule has 4 nitrogen and oxygen atoms in total. The van der Waals surface area contributed by atoms with E-state index in [1.165, 1.54) is 18.4 Å². The zero-order chi connectivity index (χ0) is 12.4. The van der Waals surface area contributed by atoms with E-state index in [1.54, 1.807) is 0 Å². The Morgan fingerprint density at radius 1 is 1.28 bits per heavy atom. The van der Waals surface area contributed by atoms with Gasteiger partial charge in [-0.05, 0) is 31.2 Å². The molecule has 1 heterocycles. The number of nitrogens with two attached hydrogens (primary N) is 1. The molecule has 1 aromatic carbocycles. The second kappa shape index (κ2) is 4.90. The van der Waals surface area contributed by atoms with E-state index < -0.39 is 0 Å². The Bertz CT molecular complexity index is 502. The van der Waals surface area contributed by atoms with Crippen LogP contribution in [0.2, 0.25) is 0 Å². The molecule has 1 aliphatic carbocycles. The van der Waals surface area contributed by atoms with Crippen molar-refractivity contribution in [3.63, 3.8) is 0 Å². The van der Waals surface area contributed by atoms with Crippen molar-refractivity contribution >= 4 is 0 Å². The van der Waals surface area contributed by atoms with Gasteiger partial charge in [0.15, 0.2) is 5.82 Å². The van der Waals surface area contributed by atoms with Crippen molar-refractivity contribution in [3.8, 4) is 0 Å². The molecule has 4 heteroatoms. The summed E-state index contributed by atoms with van der Waals surface area (Å²) in [6, 6.07) is 10.3. The summed E-state index contributed by atoms with van der Waals surface area (Å²) in [6.07, 6.45) is 4.31. The Kier molecular flexibility index (Phi) is 3.11. The van der Waals surface area contributed by atoms with Gasteiger partial charge in [0.1, 0.15) is 5.82 Å². The summed E-state index contributed by atoms with van der Waals surface area (Å²) in [5.41, 5.74) is 7.44. The molecule has 0 saturated heterocycles. The van der Waals surface area contributed by atoms with Gasteiger partial charge in [0.2, 0.25) is 0 Å². The zero-order valence-corrected chi connectivity index (χ0v) is 10.3. The molecule has 94 valence electrons. The van der Waals surface area contributed by atoms with E-state index in [2.05, 4.69) is 39.4 Å². The first-order chi connectivity index (χ1) is 8.83. The molecule has 3 N–H and O–H groups in total. The molecule has 1 saturated carbocycles. The van der Waals surface area contributed by atoms with Gasteiger partial charge in [-0.1, -0.05) is 30.3 Å². The number of hydrogen-bond acceptors (Lipinski definition) is 3. The topological polar surface area (TPSA) is 67.6 Å². The van der Waals surface area contributed by atoms with Crippen LogP contribution in [0, 0.1) is 0 Å². The lowest BCUT2D eigenvalue weighted by molar-refractivity contribution is 0.614. The predicted molar refractivity (Wildman–Crippen MR) is 70.0 cm³/mol. The number of aryl methyl sites for hydroxylation is 1. The van der Waals surface area contributed by atoms with Crippen LogP contribution in [0.1, 0.15) is 48.4 Å². The fourth-order valence-electron chi connectivity index (χ4n) is 2.09. The molecule has 0 aliphatic heterocycles. The molecule has 0 spiro atoms. The SMILES string of the molecule is N[C@@H](CCc1ccccc1)c1n[nH]c(C2CC2)n1. The maximum atomic E-state index is 6.13. The highest BCUT2D eigenvalue weighted by Crippen LogP contribution is 2.38. The lowest BCUT2D eigenvalue weighted by atomic mass is 10.1. The third kappa shape index (κ3) is 2.59. The fraction of sp³-hybridized carbons (Fsp3) is 0.429. The first-order valence-corrected chi connectivity index (χ1v) is 6.54. The van der Waals surface area contributed by atoms with Crippen LogP contribution in [0.5, 0.6) is 0 Å². The monoisotopic (exact) mass is 242 g/mol. The lowest BCUT2D eigenvalue weighted by Crippen LogP contribution is -2.13. The summed E-state index contributed by atoms with van der Waals surface area (Å²) < 4.78 is 0. The van der Waals surface area contributed by atoms with E-state index in [0.717, 1.165) is 24.5 Å². The van der Waals surface area contributed by atoms with Crippen LogP contribution in [-0.2, 0) is 6.42 Å². The second-order valence-corrected chi connectivity index (χ2v) is 4.98. The average Bonchev–Trinajstić information content (AvgIpc) is 3.15. The maximum Gasteiger partial charge on any atom is 0.167 e. The van der Waals surface area contributed by atoms with Gasteiger partial charge in [-0.2, -0.15) is 5.10 Å². The van der Waals surface area contributed by atoms with Gasteiger partial charge in [0, 0.05) is 5.92 Å². The van der Waals surface area contributed by atoms with Crippen molar-refractivity contribution in [2.75, 3.05) is 0 Å². The number of nitrogens with one attached hydrogen (secondary N) is 1. The van der Waals surface area contributed by atoms with Gasteiger partial charge in [0.25, 0.3) is 0 Å². The summed E-state index contributed by atoms with van der Waals surface area (Å²) >= 11 is 0. The largest absolute Gasteiger partial charge is 0.321 e. The maximum absolute atomic E-state index is 6.13. The van der Waals surface area contributed by atoms with Crippen molar-refractivity contribution in [1.82, 2.24) is 15.2 Å². The molecule has 0 unspecified atom stereocenters. The summed E-state index contributed by atoms with van der Waals surface area (Å²) in [6.45, 7) is 0.